The molecule has 0 bridgehead atoms. The van der Waals surface area contributed by atoms with Crippen LogP contribution in [-0.4, -0.2) is 18.5 Å². The number of nitrogens with one attached hydrogen (secondary N) is 2. The largest absolute Gasteiger partial charge is 0.494 e. The van der Waals surface area contributed by atoms with Gasteiger partial charge < -0.3 is 10.1 Å². The van der Waals surface area contributed by atoms with Gasteiger partial charge in [0.1, 0.15) is 5.82 Å². The number of rotatable bonds is 5. The van der Waals surface area contributed by atoms with Crippen LogP contribution in [0.1, 0.15) is 5.56 Å². The zero-order chi connectivity index (χ0) is 23.2. The monoisotopic (exact) mass is 484 g/mol. The highest BCUT2D eigenvalue weighted by Crippen LogP contribution is 2.32. The first-order valence-electron chi connectivity index (χ1n) is 9.54. The lowest BCUT2D eigenvalue weighted by Crippen LogP contribution is -2.19. The van der Waals surface area contributed by atoms with Gasteiger partial charge in [0.15, 0.2) is 11.7 Å². The molecular weight excluding hydrogens is 471 g/mol. The molecule has 4 aromatic rings. The van der Waals surface area contributed by atoms with E-state index in [1.807, 2.05) is 24.3 Å². The van der Waals surface area contributed by atoms with Crippen molar-refractivity contribution in [3.05, 3.63) is 93.6 Å². The molecule has 166 valence electrons. The molecule has 0 fully saturated rings. The number of aromatic hydroxyl groups is 1. The molecule has 1 aliphatic heterocycles. The summed E-state index contributed by atoms with van der Waals surface area (Å²) in [4.78, 5) is 11.4. The molecule has 33 heavy (non-hydrogen) atoms. The van der Waals surface area contributed by atoms with Crippen molar-refractivity contribution >= 4 is 44.4 Å². The zero-order valence-electron chi connectivity index (χ0n) is 16.6. The lowest BCUT2D eigenvalue weighted by Gasteiger charge is -2.08. The fourth-order valence-corrected chi connectivity index (χ4v) is 4.29. The smallest absolute Gasteiger partial charge is 0.317 e. The van der Waals surface area contributed by atoms with Gasteiger partial charge in [-0.05, 0) is 54.6 Å². The van der Waals surface area contributed by atoms with E-state index in [0.717, 1.165) is 6.07 Å². The normalized spacial score (nSPS) is 12.8. The number of aromatic amines is 1. The quantitative estimate of drug-likeness (QED) is 0.374. The van der Waals surface area contributed by atoms with Crippen molar-refractivity contribution in [3.63, 3.8) is 0 Å². The van der Waals surface area contributed by atoms with Gasteiger partial charge in [-0.2, -0.15) is 8.42 Å². The Kier molecular flexibility index (Phi) is 5.12. The summed E-state index contributed by atoms with van der Waals surface area (Å²) < 4.78 is 43.6. The second kappa shape index (κ2) is 8.00. The Morgan fingerprint density at radius 2 is 1.79 bits per heavy atom. The van der Waals surface area contributed by atoms with Crippen molar-refractivity contribution in [2.24, 2.45) is 9.98 Å². The van der Waals surface area contributed by atoms with E-state index in [1.54, 1.807) is 6.08 Å². The molecule has 0 saturated heterocycles. The maximum atomic E-state index is 13.3. The van der Waals surface area contributed by atoms with Gasteiger partial charge in [-0.15, -0.1) is 4.28 Å². The van der Waals surface area contributed by atoms with Crippen molar-refractivity contribution < 1.29 is 22.2 Å². The Morgan fingerprint density at radius 3 is 2.48 bits per heavy atom. The molecule has 3 N–H and O–H groups in total. The maximum Gasteiger partial charge on any atom is 0.317 e. The first-order chi connectivity index (χ1) is 15.8. The number of hydrogen-bond acceptors (Lipinski definition) is 7. The Hall–Kier alpha value is -3.73. The van der Waals surface area contributed by atoms with E-state index in [2.05, 4.69) is 20.4 Å². The number of aromatic nitrogens is 1. The molecule has 0 atom stereocenters. The minimum absolute atomic E-state index is 0.153. The predicted molar refractivity (Wildman–Crippen MR) is 120 cm³/mol. The van der Waals surface area contributed by atoms with E-state index in [4.69, 9.17) is 15.9 Å². The Labute approximate surface area is 191 Å². The van der Waals surface area contributed by atoms with Crippen molar-refractivity contribution in [2.45, 2.75) is 4.90 Å². The van der Waals surface area contributed by atoms with Gasteiger partial charge in [-0.3, -0.25) is 0 Å². The second-order valence-corrected chi connectivity index (χ2v) is 9.03. The summed E-state index contributed by atoms with van der Waals surface area (Å²) in [6, 6.07) is 15.0. The lowest BCUT2D eigenvalue weighted by molar-refractivity contribution is 0.391. The Balaban J connectivity index is 1.48. The number of anilines is 1. The number of para-hydroxylation sites is 2. The minimum atomic E-state index is -4.26. The average Bonchev–Trinajstić information content (AvgIpc) is 3.34. The van der Waals surface area contributed by atoms with Crippen LogP contribution < -0.4 is 16.2 Å². The van der Waals surface area contributed by atoms with Gasteiger partial charge in [0.05, 0.1) is 26.3 Å². The number of hydrogen-bond donors (Lipinski definition) is 3. The van der Waals surface area contributed by atoms with E-state index in [1.165, 1.54) is 30.3 Å². The van der Waals surface area contributed by atoms with Crippen LogP contribution in [0.25, 0.3) is 17.0 Å². The highest BCUT2D eigenvalue weighted by molar-refractivity contribution is 7.86. The van der Waals surface area contributed by atoms with E-state index >= 15 is 0 Å². The van der Waals surface area contributed by atoms with Crippen molar-refractivity contribution in [1.82, 2.24) is 4.98 Å². The number of nitrogens with zero attached hydrogens (tertiary/aromatic N) is 2. The third-order valence-electron chi connectivity index (χ3n) is 4.89. The van der Waals surface area contributed by atoms with Crippen molar-refractivity contribution in [2.75, 3.05) is 5.48 Å². The molecule has 11 heteroatoms. The fraction of sp³-hybridized carbons (Fsp3) is 0. The SMILES string of the molecule is O=S(=O)(ONc1ccc(F)c(Cl)c1)c1ccc2[nH]c(O)c(C=C3N=c4ccccc4=N3)c2c1. The molecule has 3 aromatic carbocycles. The van der Waals surface area contributed by atoms with Gasteiger partial charge in [0, 0.05) is 16.5 Å². The molecule has 1 aliphatic rings. The van der Waals surface area contributed by atoms with Gasteiger partial charge >= 0.3 is 10.1 Å². The summed E-state index contributed by atoms with van der Waals surface area (Å²) >= 11 is 5.70. The van der Waals surface area contributed by atoms with Crippen LogP contribution in [0.5, 0.6) is 5.88 Å². The second-order valence-electron chi connectivity index (χ2n) is 7.08. The Bertz CT molecular complexity index is 1650. The molecule has 0 spiro atoms. The van der Waals surface area contributed by atoms with Crippen LogP contribution in [0.15, 0.2) is 81.4 Å². The maximum absolute atomic E-state index is 13.3. The highest BCUT2D eigenvalue weighted by Gasteiger charge is 2.19. The van der Waals surface area contributed by atoms with Gasteiger partial charge in [0.25, 0.3) is 0 Å². The number of halogens is 2. The summed E-state index contributed by atoms with van der Waals surface area (Å²) in [6.07, 6.45) is 1.56. The van der Waals surface area contributed by atoms with Crippen LogP contribution in [0.2, 0.25) is 5.02 Å². The summed E-state index contributed by atoms with van der Waals surface area (Å²) in [5, 5.41) is 12.0. The summed E-state index contributed by atoms with van der Waals surface area (Å²) in [5.41, 5.74) is 3.24. The zero-order valence-corrected chi connectivity index (χ0v) is 18.2. The molecule has 0 saturated carbocycles. The summed E-state index contributed by atoms with van der Waals surface area (Å²) in [5.74, 6) is -0.437. The van der Waals surface area contributed by atoms with Gasteiger partial charge in [-0.25, -0.2) is 19.9 Å². The van der Waals surface area contributed by atoms with E-state index in [0.29, 0.717) is 33.0 Å². The molecule has 0 amide bonds. The minimum Gasteiger partial charge on any atom is -0.494 e. The summed E-state index contributed by atoms with van der Waals surface area (Å²) in [7, 11) is -4.26. The van der Waals surface area contributed by atoms with Crippen molar-refractivity contribution in [3.8, 4) is 5.88 Å². The van der Waals surface area contributed by atoms with Gasteiger partial charge in [0.2, 0.25) is 0 Å². The number of benzene rings is 3. The van der Waals surface area contributed by atoms with Crippen LogP contribution in [0.3, 0.4) is 0 Å². The van der Waals surface area contributed by atoms with Crippen LogP contribution >= 0.6 is 11.6 Å². The van der Waals surface area contributed by atoms with Crippen LogP contribution in [0.4, 0.5) is 10.1 Å². The first kappa shape index (κ1) is 21.1. The first-order valence-corrected chi connectivity index (χ1v) is 11.3. The van der Waals surface area contributed by atoms with E-state index < -0.39 is 15.9 Å². The highest BCUT2D eigenvalue weighted by atomic mass is 35.5. The summed E-state index contributed by atoms with van der Waals surface area (Å²) in [6.45, 7) is 0. The molecule has 8 nitrogen and oxygen atoms in total. The standard InChI is InChI=1S/C22H14ClFN4O4S/c23-16-9-12(5-7-17(16)24)28-32-33(30,31)13-6-8-18-14(10-13)15(22(29)27-18)11-21-25-19-3-1-2-4-20(19)26-21/h1-11,27-29H. The molecule has 5 rings (SSSR count). The number of fused-ring (bicyclic) bond motifs is 2. The lowest BCUT2D eigenvalue weighted by atomic mass is 10.1. The third kappa shape index (κ3) is 4.07. The van der Waals surface area contributed by atoms with Crippen LogP contribution in [0, 0.1) is 5.82 Å². The third-order valence-corrected chi connectivity index (χ3v) is 6.32. The number of H-pyrrole nitrogens is 1. The molecule has 0 radical (unpaired) electrons. The predicted octanol–water partition coefficient (Wildman–Crippen LogP) is 3.65. The van der Waals surface area contributed by atoms with E-state index in [-0.39, 0.29) is 21.5 Å². The van der Waals surface area contributed by atoms with Crippen molar-refractivity contribution in [1.29, 1.82) is 0 Å². The van der Waals surface area contributed by atoms with Crippen LogP contribution in [-0.2, 0) is 14.4 Å². The molecule has 2 heterocycles. The molecule has 1 aromatic heterocycles. The van der Waals surface area contributed by atoms with Gasteiger partial charge in [-0.1, -0.05) is 23.7 Å². The Morgan fingerprint density at radius 1 is 1.06 bits per heavy atom. The topological polar surface area (TPSA) is 116 Å². The molecule has 0 aliphatic carbocycles. The average molecular weight is 485 g/mol. The molecular formula is C22H14ClFN4O4S. The molecule has 0 unspecified atom stereocenters. The fourth-order valence-electron chi connectivity index (χ4n) is 3.31. The van der Waals surface area contributed by atoms with E-state index in [9.17, 15) is 17.9 Å².